The number of nitrogens with two attached hydrogens (primary N) is 1. The van der Waals surface area contributed by atoms with Crippen LogP contribution >= 0.6 is 36.4 Å². The molecular formula is C10H15Cl3N4O. The fourth-order valence-electron chi connectivity index (χ4n) is 1.27. The lowest BCUT2D eigenvalue weighted by Gasteiger charge is -2.17. The van der Waals surface area contributed by atoms with E-state index in [-0.39, 0.29) is 24.8 Å². The van der Waals surface area contributed by atoms with Crippen LogP contribution in [0.3, 0.4) is 0 Å². The highest BCUT2D eigenvalue weighted by Crippen LogP contribution is 2.22. The van der Waals surface area contributed by atoms with E-state index in [0.717, 1.165) is 0 Å². The zero-order chi connectivity index (χ0) is 12.3. The van der Waals surface area contributed by atoms with Crippen molar-refractivity contribution < 1.29 is 4.79 Å². The number of anilines is 1. The number of benzene rings is 1. The Hall–Kier alpha value is -1.17. The van der Waals surface area contributed by atoms with Gasteiger partial charge in [-0.3, -0.25) is 15.5 Å². The van der Waals surface area contributed by atoms with Gasteiger partial charge in [0.15, 0.2) is 5.96 Å². The van der Waals surface area contributed by atoms with Crippen LogP contribution in [0.25, 0.3) is 0 Å². The summed E-state index contributed by atoms with van der Waals surface area (Å²) < 4.78 is 0. The molecule has 0 aliphatic rings. The number of guanidine groups is 1. The van der Waals surface area contributed by atoms with E-state index in [2.05, 4.69) is 5.32 Å². The number of amides is 1. The van der Waals surface area contributed by atoms with Gasteiger partial charge in [0.2, 0.25) is 0 Å². The third-order valence-electron chi connectivity index (χ3n) is 1.93. The van der Waals surface area contributed by atoms with E-state index < -0.39 is 11.9 Å². The number of hydrogen-bond donors (Lipinski definition) is 3. The van der Waals surface area contributed by atoms with Gasteiger partial charge in [-0.05, 0) is 18.2 Å². The number of carbonyl (C=O) groups is 1. The van der Waals surface area contributed by atoms with E-state index in [1.807, 2.05) is 14.1 Å². The molecule has 4 N–H and O–H groups in total. The molecule has 0 aliphatic heterocycles. The third kappa shape index (κ3) is 5.00. The summed E-state index contributed by atoms with van der Waals surface area (Å²) in [5.74, 6) is -0.839. The van der Waals surface area contributed by atoms with Crippen molar-refractivity contribution in [3.8, 4) is 0 Å². The van der Waals surface area contributed by atoms with Crippen molar-refractivity contribution in [2.24, 2.45) is 5.73 Å². The number of carbonyl (C=O) groups excluding carboxylic acids is 1. The average Bonchev–Trinajstić information content (AvgIpc) is 2.15. The van der Waals surface area contributed by atoms with E-state index in [1.165, 1.54) is 6.07 Å². The molecule has 0 heterocycles. The number of hydrogen-bond acceptors (Lipinski definition) is 3. The summed E-state index contributed by atoms with van der Waals surface area (Å²) in [6.45, 7) is 0. The van der Waals surface area contributed by atoms with Crippen molar-refractivity contribution in [2.45, 2.75) is 0 Å². The standard InChI is InChI=1S/C10H13ClN4O.2ClH/c1-15(2)8-4-3-6(11)5-7(8)9(16)14-10(12)13;;/h3-5H,1-2H3,(H4,12,13,14,16);2*1H. The van der Waals surface area contributed by atoms with Crippen LogP contribution in [0.4, 0.5) is 5.69 Å². The maximum atomic E-state index is 11.7. The molecule has 0 unspecified atom stereocenters. The maximum absolute atomic E-state index is 11.7. The minimum atomic E-state index is -0.446. The highest BCUT2D eigenvalue weighted by Gasteiger charge is 2.13. The first kappa shape index (κ1) is 19.2. The van der Waals surface area contributed by atoms with Gasteiger partial charge < -0.3 is 10.6 Å². The van der Waals surface area contributed by atoms with Crippen molar-refractivity contribution in [3.63, 3.8) is 0 Å². The molecular weight excluding hydrogens is 298 g/mol. The van der Waals surface area contributed by atoms with Crippen LogP contribution < -0.4 is 16.0 Å². The van der Waals surface area contributed by atoms with Gasteiger partial charge in [-0.15, -0.1) is 24.8 Å². The molecule has 0 spiro atoms. The van der Waals surface area contributed by atoms with Crippen molar-refractivity contribution in [1.29, 1.82) is 5.41 Å². The molecule has 0 saturated heterocycles. The molecule has 5 nitrogen and oxygen atoms in total. The fourth-order valence-corrected chi connectivity index (χ4v) is 1.44. The Bertz CT molecular complexity index is 437. The molecule has 0 saturated carbocycles. The molecule has 0 aromatic heterocycles. The largest absolute Gasteiger partial charge is 0.377 e. The van der Waals surface area contributed by atoms with Gasteiger partial charge in [0.25, 0.3) is 5.91 Å². The Labute approximate surface area is 123 Å². The SMILES string of the molecule is CN(C)c1ccc(Cl)cc1C(=O)NC(=N)N.Cl.Cl. The predicted octanol–water partition coefficient (Wildman–Crippen LogP) is 1.87. The van der Waals surface area contributed by atoms with Crippen LogP contribution in [0.1, 0.15) is 10.4 Å². The van der Waals surface area contributed by atoms with E-state index in [1.54, 1.807) is 17.0 Å². The Balaban J connectivity index is 0. The van der Waals surface area contributed by atoms with Gasteiger partial charge in [-0.25, -0.2) is 0 Å². The van der Waals surface area contributed by atoms with Crippen LogP contribution in [-0.2, 0) is 0 Å². The second-order valence-corrected chi connectivity index (χ2v) is 3.86. The minimum Gasteiger partial charge on any atom is -0.377 e. The number of rotatable bonds is 2. The van der Waals surface area contributed by atoms with E-state index in [0.29, 0.717) is 16.3 Å². The zero-order valence-electron chi connectivity index (χ0n) is 9.86. The maximum Gasteiger partial charge on any atom is 0.260 e. The first-order chi connectivity index (χ1) is 7.41. The molecule has 0 bridgehead atoms. The van der Waals surface area contributed by atoms with Crippen LogP contribution in [-0.4, -0.2) is 26.0 Å². The second kappa shape index (κ2) is 8.02. The number of halogens is 3. The molecule has 0 aliphatic carbocycles. The summed E-state index contributed by atoms with van der Waals surface area (Å²) in [5, 5.41) is 9.68. The summed E-state index contributed by atoms with van der Waals surface area (Å²) in [7, 11) is 3.63. The van der Waals surface area contributed by atoms with Crippen LogP contribution in [0.5, 0.6) is 0 Å². The lowest BCUT2D eigenvalue weighted by molar-refractivity contribution is 0.0977. The normalized spacial score (nSPS) is 8.61. The molecule has 0 radical (unpaired) electrons. The number of nitrogens with one attached hydrogen (secondary N) is 2. The lowest BCUT2D eigenvalue weighted by atomic mass is 10.1. The van der Waals surface area contributed by atoms with E-state index in [4.69, 9.17) is 22.7 Å². The fraction of sp³-hybridized carbons (Fsp3) is 0.200. The van der Waals surface area contributed by atoms with Crippen molar-refractivity contribution in [3.05, 3.63) is 28.8 Å². The molecule has 1 rings (SSSR count). The van der Waals surface area contributed by atoms with E-state index >= 15 is 0 Å². The first-order valence-electron chi connectivity index (χ1n) is 4.54. The molecule has 1 aromatic carbocycles. The minimum absolute atomic E-state index is 0. The topological polar surface area (TPSA) is 82.2 Å². The Morgan fingerprint density at radius 1 is 1.39 bits per heavy atom. The van der Waals surface area contributed by atoms with Gasteiger partial charge in [-0.1, -0.05) is 11.6 Å². The first-order valence-corrected chi connectivity index (χ1v) is 4.92. The Morgan fingerprint density at radius 2 is 1.94 bits per heavy atom. The molecule has 0 fully saturated rings. The van der Waals surface area contributed by atoms with Gasteiger partial charge in [0.05, 0.1) is 5.56 Å². The lowest BCUT2D eigenvalue weighted by Crippen LogP contribution is -2.36. The second-order valence-electron chi connectivity index (χ2n) is 3.42. The van der Waals surface area contributed by atoms with Gasteiger partial charge in [-0.2, -0.15) is 0 Å². The van der Waals surface area contributed by atoms with Crippen molar-refractivity contribution in [1.82, 2.24) is 5.32 Å². The molecule has 1 aromatic rings. The smallest absolute Gasteiger partial charge is 0.260 e. The summed E-state index contributed by atoms with van der Waals surface area (Å²) in [4.78, 5) is 13.5. The van der Waals surface area contributed by atoms with Gasteiger partial charge in [0, 0.05) is 24.8 Å². The Kier molecular flexibility index (Phi) is 8.55. The third-order valence-corrected chi connectivity index (χ3v) is 2.17. The van der Waals surface area contributed by atoms with Crippen molar-refractivity contribution >= 4 is 54.0 Å². The van der Waals surface area contributed by atoms with Crippen molar-refractivity contribution in [2.75, 3.05) is 19.0 Å². The molecule has 1 amide bonds. The predicted molar refractivity (Wildman–Crippen MR) is 79.7 cm³/mol. The summed E-state index contributed by atoms with van der Waals surface area (Å²) in [5.41, 5.74) is 6.19. The Morgan fingerprint density at radius 3 is 2.39 bits per heavy atom. The van der Waals surface area contributed by atoms with Crippen LogP contribution in [0.2, 0.25) is 5.02 Å². The monoisotopic (exact) mass is 312 g/mol. The zero-order valence-corrected chi connectivity index (χ0v) is 12.2. The summed E-state index contributed by atoms with van der Waals surface area (Å²) in [6, 6.07) is 4.97. The molecule has 18 heavy (non-hydrogen) atoms. The van der Waals surface area contributed by atoms with Crippen LogP contribution in [0, 0.1) is 5.41 Å². The molecule has 102 valence electrons. The van der Waals surface area contributed by atoms with Gasteiger partial charge in [0.1, 0.15) is 0 Å². The summed E-state index contributed by atoms with van der Waals surface area (Å²) in [6.07, 6.45) is 0. The highest BCUT2D eigenvalue weighted by atomic mass is 35.5. The highest BCUT2D eigenvalue weighted by molar-refractivity contribution is 6.31. The molecule has 0 atom stereocenters. The summed E-state index contributed by atoms with van der Waals surface area (Å²) >= 11 is 5.82. The van der Waals surface area contributed by atoms with Gasteiger partial charge >= 0.3 is 0 Å². The average molecular weight is 314 g/mol. The quantitative estimate of drug-likeness (QED) is 0.576. The van der Waals surface area contributed by atoms with E-state index in [9.17, 15) is 4.79 Å². The van der Waals surface area contributed by atoms with Crippen LogP contribution in [0.15, 0.2) is 18.2 Å². The molecule has 8 heteroatoms. The number of nitrogens with zero attached hydrogens (tertiary/aromatic N) is 1.